The van der Waals surface area contributed by atoms with E-state index in [4.69, 9.17) is 16.6 Å². The number of hydrogen-bond acceptors (Lipinski definition) is 6. The van der Waals surface area contributed by atoms with Gasteiger partial charge in [0, 0.05) is 66.0 Å². The van der Waals surface area contributed by atoms with Gasteiger partial charge in [0.15, 0.2) is 0 Å². The summed E-state index contributed by atoms with van der Waals surface area (Å²) in [7, 11) is 4.09. The molecule has 5 rings (SSSR count). The first-order valence-corrected chi connectivity index (χ1v) is 11.4. The first-order chi connectivity index (χ1) is 15.7. The Labute approximate surface area is 193 Å². The molecular weight excluding hydrogens is 420 g/mol. The zero-order valence-corrected chi connectivity index (χ0v) is 19.1. The summed E-state index contributed by atoms with van der Waals surface area (Å²) in [6, 6.07) is 9.89. The standard InChI is InChI=1S/C25H27ClN6/c1-27-11-12-32(2)25-23-19(16-7-8-16)13-29-15-22(23)30-24(31-25)18-9-10-28-14-20(18)17-5-3-4-6-21(17)26/h3-6,9-10,13-16,24,27,30H,7-8,11-12H2,1-2H3. The van der Waals surface area contributed by atoms with Crippen LogP contribution in [0.1, 0.15) is 41.6 Å². The number of amidine groups is 1. The molecule has 0 radical (unpaired) electrons. The van der Waals surface area contributed by atoms with Crippen molar-refractivity contribution in [3.05, 3.63) is 76.8 Å². The molecule has 0 bridgehead atoms. The van der Waals surface area contributed by atoms with Gasteiger partial charge in [-0.25, -0.2) is 4.99 Å². The molecule has 1 saturated carbocycles. The number of benzene rings is 1. The highest BCUT2D eigenvalue weighted by molar-refractivity contribution is 6.33. The van der Waals surface area contributed by atoms with Gasteiger partial charge >= 0.3 is 0 Å². The minimum atomic E-state index is -0.264. The van der Waals surface area contributed by atoms with Crippen molar-refractivity contribution in [1.29, 1.82) is 0 Å². The Bertz CT molecular complexity index is 1160. The van der Waals surface area contributed by atoms with E-state index >= 15 is 0 Å². The summed E-state index contributed by atoms with van der Waals surface area (Å²) in [4.78, 5) is 16.4. The van der Waals surface area contributed by atoms with Crippen LogP contribution in [0.2, 0.25) is 5.02 Å². The predicted octanol–water partition coefficient (Wildman–Crippen LogP) is 4.70. The minimum Gasteiger partial charge on any atom is -0.358 e. The molecule has 2 aromatic heterocycles. The van der Waals surface area contributed by atoms with Crippen LogP contribution in [0.25, 0.3) is 11.1 Å². The van der Waals surface area contributed by atoms with Crippen LogP contribution in [0.3, 0.4) is 0 Å². The Morgan fingerprint density at radius 1 is 1.06 bits per heavy atom. The second-order valence-electron chi connectivity index (χ2n) is 8.39. The Kier molecular flexibility index (Phi) is 5.81. The van der Waals surface area contributed by atoms with Crippen molar-refractivity contribution < 1.29 is 0 Å². The third-order valence-corrected chi connectivity index (χ3v) is 6.46. The monoisotopic (exact) mass is 446 g/mol. The van der Waals surface area contributed by atoms with Crippen LogP contribution in [0.5, 0.6) is 0 Å². The molecule has 2 aliphatic rings. The molecule has 1 aliphatic heterocycles. The normalized spacial score (nSPS) is 17.3. The maximum absolute atomic E-state index is 6.54. The average Bonchev–Trinajstić information content (AvgIpc) is 3.67. The van der Waals surface area contributed by atoms with Crippen molar-refractivity contribution in [3.63, 3.8) is 0 Å². The number of nitrogens with one attached hydrogen (secondary N) is 2. The van der Waals surface area contributed by atoms with Gasteiger partial charge in [0.2, 0.25) is 0 Å². The second kappa shape index (κ2) is 8.88. The summed E-state index contributed by atoms with van der Waals surface area (Å²) in [5, 5.41) is 7.59. The van der Waals surface area contributed by atoms with E-state index in [2.05, 4.69) is 32.5 Å². The van der Waals surface area contributed by atoms with Gasteiger partial charge in [-0.3, -0.25) is 9.97 Å². The maximum Gasteiger partial charge on any atom is 0.147 e. The number of pyridine rings is 2. The number of aromatic nitrogens is 2. The van der Waals surface area contributed by atoms with Gasteiger partial charge in [-0.2, -0.15) is 0 Å². The fraction of sp³-hybridized carbons (Fsp3) is 0.320. The van der Waals surface area contributed by atoms with Crippen LogP contribution in [0, 0.1) is 0 Å². The SMILES string of the molecule is CNCCN(C)C1=NC(c2ccncc2-c2ccccc2Cl)Nc2cncc(C3CC3)c21. The van der Waals surface area contributed by atoms with Gasteiger partial charge in [0.05, 0.1) is 11.9 Å². The number of halogens is 1. The third-order valence-electron chi connectivity index (χ3n) is 6.13. The van der Waals surface area contributed by atoms with Crippen LogP contribution in [-0.4, -0.2) is 47.9 Å². The number of anilines is 1. The van der Waals surface area contributed by atoms with Gasteiger partial charge in [0.1, 0.15) is 12.0 Å². The maximum atomic E-state index is 6.54. The number of aliphatic imine (C=N–C) groups is 1. The molecule has 3 heterocycles. The first-order valence-electron chi connectivity index (χ1n) is 11.0. The lowest BCUT2D eigenvalue weighted by atomic mass is 9.97. The van der Waals surface area contributed by atoms with E-state index in [-0.39, 0.29) is 6.17 Å². The summed E-state index contributed by atoms with van der Waals surface area (Å²) in [6.45, 7) is 1.74. The van der Waals surface area contributed by atoms with Crippen LogP contribution in [-0.2, 0) is 0 Å². The number of hydrogen-bond donors (Lipinski definition) is 2. The first kappa shape index (κ1) is 20.9. The lowest BCUT2D eigenvalue weighted by molar-refractivity contribution is 0.489. The van der Waals surface area contributed by atoms with Crippen LogP contribution < -0.4 is 10.6 Å². The fourth-order valence-electron chi connectivity index (χ4n) is 4.28. The van der Waals surface area contributed by atoms with E-state index in [0.29, 0.717) is 10.9 Å². The molecule has 0 amide bonds. The summed E-state index contributed by atoms with van der Waals surface area (Å²) in [6.07, 6.45) is 9.79. The molecule has 1 fully saturated rings. The summed E-state index contributed by atoms with van der Waals surface area (Å²) in [5.74, 6) is 1.59. The summed E-state index contributed by atoms with van der Waals surface area (Å²) >= 11 is 6.54. The molecule has 1 aliphatic carbocycles. The molecule has 32 heavy (non-hydrogen) atoms. The Balaban J connectivity index is 1.62. The smallest absolute Gasteiger partial charge is 0.147 e. The van der Waals surface area contributed by atoms with E-state index < -0.39 is 0 Å². The van der Waals surface area contributed by atoms with Crippen molar-refractivity contribution in [3.8, 4) is 11.1 Å². The van der Waals surface area contributed by atoms with Crippen LogP contribution in [0.15, 0.2) is 60.1 Å². The highest BCUT2D eigenvalue weighted by Crippen LogP contribution is 2.45. The highest BCUT2D eigenvalue weighted by atomic mass is 35.5. The summed E-state index contributed by atoms with van der Waals surface area (Å²) in [5.41, 5.74) is 6.48. The van der Waals surface area contributed by atoms with E-state index in [1.54, 1.807) is 0 Å². The van der Waals surface area contributed by atoms with Crippen LogP contribution in [0.4, 0.5) is 5.69 Å². The minimum absolute atomic E-state index is 0.264. The van der Waals surface area contributed by atoms with Gasteiger partial charge in [0.25, 0.3) is 0 Å². The molecule has 1 atom stereocenters. The second-order valence-corrected chi connectivity index (χ2v) is 8.80. The molecular formula is C25H27ClN6. The third kappa shape index (κ3) is 3.96. The molecule has 0 saturated heterocycles. The van der Waals surface area contributed by atoms with Gasteiger partial charge in [-0.05, 0) is 43.5 Å². The molecule has 164 valence electrons. The molecule has 2 N–H and O–H groups in total. The fourth-order valence-corrected chi connectivity index (χ4v) is 4.51. The summed E-state index contributed by atoms with van der Waals surface area (Å²) < 4.78 is 0. The Hall–Kier alpha value is -2.96. The lowest BCUT2D eigenvalue weighted by Gasteiger charge is -2.32. The molecule has 1 unspecified atom stereocenters. The van der Waals surface area contributed by atoms with E-state index in [9.17, 15) is 0 Å². The Morgan fingerprint density at radius 3 is 2.69 bits per heavy atom. The zero-order chi connectivity index (χ0) is 22.1. The van der Waals surface area contributed by atoms with Crippen LogP contribution >= 0.6 is 11.6 Å². The predicted molar refractivity (Wildman–Crippen MR) is 130 cm³/mol. The lowest BCUT2D eigenvalue weighted by Crippen LogP contribution is -2.37. The number of fused-ring (bicyclic) bond motifs is 1. The molecule has 3 aromatic rings. The van der Waals surface area contributed by atoms with Crippen molar-refractivity contribution >= 4 is 23.1 Å². The van der Waals surface area contributed by atoms with Gasteiger partial charge in [-0.1, -0.05) is 29.8 Å². The molecule has 7 heteroatoms. The van der Waals surface area contributed by atoms with Gasteiger partial charge < -0.3 is 15.5 Å². The van der Waals surface area contributed by atoms with Crippen molar-refractivity contribution in [2.45, 2.75) is 24.9 Å². The number of rotatable bonds is 6. The highest BCUT2D eigenvalue weighted by Gasteiger charge is 2.33. The average molecular weight is 447 g/mol. The van der Waals surface area contributed by atoms with Crippen molar-refractivity contribution in [1.82, 2.24) is 20.2 Å². The largest absolute Gasteiger partial charge is 0.358 e. The van der Waals surface area contributed by atoms with Crippen molar-refractivity contribution in [2.75, 3.05) is 32.5 Å². The molecule has 6 nitrogen and oxygen atoms in total. The molecule has 0 spiro atoms. The number of likely N-dealkylation sites (N-methyl/N-ethyl adjacent to an activating group) is 2. The van der Waals surface area contributed by atoms with E-state index in [1.165, 1.54) is 24.0 Å². The molecule has 1 aromatic carbocycles. The zero-order valence-electron chi connectivity index (χ0n) is 18.3. The van der Waals surface area contributed by atoms with E-state index in [0.717, 1.165) is 41.3 Å². The van der Waals surface area contributed by atoms with E-state index in [1.807, 2.05) is 62.2 Å². The number of nitrogens with zero attached hydrogens (tertiary/aromatic N) is 4. The van der Waals surface area contributed by atoms with Gasteiger partial charge in [-0.15, -0.1) is 0 Å². The topological polar surface area (TPSA) is 65.4 Å². The quantitative estimate of drug-likeness (QED) is 0.574. The Morgan fingerprint density at radius 2 is 1.91 bits per heavy atom. The van der Waals surface area contributed by atoms with Crippen molar-refractivity contribution in [2.24, 2.45) is 4.99 Å².